The lowest BCUT2D eigenvalue weighted by Crippen LogP contribution is -1.95. The summed E-state index contributed by atoms with van der Waals surface area (Å²) in [5, 5.41) is 0.961. The molecule has 0 heterocycles. The van der Waals surface area contributed by atoms with Crippen molar-refractivity contribution < 1.29 is 0 Å². The molecule has 0 bridgehead atoms. The van der Waals surface area contributed by atoms with Crippen molar-refractivity contribution in [2.24, 2.45) is 5.92 Å². The lowest BCUT2D eigenvalue weighted by atomic mass is 10.0. The lowest BCUT2D eigenvalue weighted by Gasteiger charge is -2.08. The molecule has 0 spiro atoms. The van der Waals surface area contributed by atoms with E-state index < -0.39 is 0 Å². The summed E-state index contributed by atoms with van der Waals surface area (Å²) < 4.78 is 0. The molecule has 76 valence electrons. The molecule has 1 saturated carbocycles. The molecular weight excluding hydrogens is 192 g/mol. The molecule has 0 nitrogen and oxygen atoms in total. The van der Waals surface area contributed by atoms with Crippen molar-refractivity contribution in [3.05, 3.63) is 34.3 Å². The van der Waals surface area contributed by atoms with Crippen molar-refractivity contribution in [1.82, 2.24) is 0 Å². The largest absolute Gasteiger partial charge is 0.0840 e. The molecule has 2 rings (SSSR count). The first-order valence-electron chi connectivity index (χ1n) is 5.45. The summed E-state index contributed by atoms with van der Waals surface area (Å²) in [5.74, 6) is 1.49. The second kappa shape index (κ2) is 3.94. The number of benzene rings is 1. The van der Waals surface area contributed by atoms with Crippen molar-refractivity contribution in [1.29, 1.82) is 0 Å². The van der Waals surface area contributed by atoms with Crippen LogP contribution in [0.4, 0.5) is 0 Å². The van der Waals surface area contributed by atoms with Gasteiger partial charge in [0, 0.05) is 5.02 Å². The van der Waals surface area contributed by atoms with Gasteiger partial charge in [-0.15, -0.1) is 0 Å². The molecule has 1 fully saturated rings. The molecule has 0 aliphatic heterocycles. The van der Waals surface area contributed by atoms with Crippen molar-refractivity contribution >= 4 is 11.6 Å². The van der Waals surface area contributed by atoms with Crippen LogP contribution in [0.15, 0.2) is 18.2 Å². The Morgan fingerprint density at radius 3 is 2.57 bits per heavy atom. The van der Waals surface area contributed by atoms with E-state index in [-0.39, 0.29) is 0 Å². The van der Waals surface area contributed by atoms with E-state index in [1.54, 1.807) is 0 Å². The molecule has 0 atom stereocenters. The van der Waals surface area contributed by atoms with Crippen LogP contribution in [0.3, 0.4) is 0 Å². The zero-order chi connectivity index (χ0) is 10.1. The van der Waals surface area contributed by atoms with Crippen molar-refractivity contribution in [2.75, 3.05) is 0 Å². The summed E-state index contributed by atoms with van der Waals surface area (Å²) >= 11 is 6.25. The number of hydrogen-bond donors (Lipinski definition) is 0. The molecule has 0 N–H and O–H groups in total. The molecule has 1 aliphatic carbocycles. The highest BCUT2D eigenvalue weighted by atomic mass is 35.5. The molecule has 1 aromatic rings. The van der Waals surface area contributed by atoms with Crippen LogP contribution in [-0.4, -0.2) is 0 Å². The highest BCUT2D eigenvalue weighted by Gasteiger charge is 2.23. The van der Waals surface area contributed by atoms with Crippen LogP contribution in [0.25, 0.3) is 0 Å². The zero-order valence-corrected chi connectivity index (χ0v) is 9.64. The predicted molar refractivity (Wildman–Crippen MR) is 62.0 cm³/mol. The molecule has 0 amide bonds. The summed E-state index contributed by atoms with van der Waals surface area (Å²) in [5.41, 5.74) is 2.73. The van der Waals surface area contributed by atoms with Gasteiger partial charge in [-0.3, -0.25) is 0 Å². The molecule has 0 saturated heterocycles. The van der Waals surface area contributed by atoms with Gasteiger partial charge in [-0.05, 0) is 48.3 Å². The van der Waals surface area contributed by atoms with E-state index in [4.69, 9.17) is 11.6 Å². The minimum atomic E-state index is 0.680. The van der Waals surface area contributed by atoms with E-state index in [0.29, 0.717) is 5.92 Å². The summed E-state index contributed by atoms with van der Waals surface area (Å²) in [4.78, 5) is 0. The Labute approximate surface area is 91.3 Å². The van der Waals surface area contributed by atoms with Gasteiger partial charge < -0.3 is 0 Å². The summed E-state index contributed by atoms with van der Waals surface area (Å²) in [6.45, 7) is 4.45. The molecular formula is C13H17Cl. The van der Waals surface area contributed by atoms with Crippen LogP contribution in [0.1, 0.15) is 43.7 Å². The van der Waals surface area contributed by atoms with E-state index in [9.17, 15) is 0 Å². The third-order valence-corrected chi connectivity index (χ3v) is 3.11. The maximum absolute atomic E-state index is 6.25. The SMILES string of the molecule is CC(C)Cc1ccc(C2CC2)cc1Cl. The van der Waals surface area contributed by atoms with Crippen molar-refractivity contribution in [3.8, 4) is 0 Å². The molecule has 0 aromatic heterocycles. The number of hydrogen-bond acceptors (Lipinski definition) is 0. The van der Waals surface area contributed by atoms with Gasteiger partial charge in [0.1, 0.15) is 0 Å². The van der Waals surface area contributed by atoms with Crippen LogP contribution in [-0.2, 0) is 6.42 Å². The highest BCUT2D eigenvalue weighted by Crippen LogP contribution is 2.41. The minimum Gasteiger partial charge on any atom is -0.0840 e. The second-order valence-electron chi connectivity index (χ2n) is 4.72. The summed E-state index contributed by atoms with van der Waals surface area (Å²) in [7, 11) is 0. The maximum atomic E-state index is 6.25. The average molecular weight is 209 g/mol. The van der Waals surface area contributed by atoms with E-state index in [0.717, 1.165) is 17.4 Å². The van der Waals surface area contributed by atoms with Crippen molar-refractivity contribution in [2.45, 2.75) is 39.0 Å². The molecule has 0 radical (unpaired) electrons. The molecule has 1 heteroatoms. The first kappa shape index (κ1) is 10.0. The number of rotatable bonds is 3. The van der Waals surface area contributed by atoms with Crippen LogP contribution in [0.2, 0.25) is 5.02 Å². The highest BCUT2D eigenvalue weighted by molar-refractivity contribution is 6.31. The standard InChI is InChI=1S/C13H17Cl/c1-9(2)7-12-6-5-11(8-13(12)14)10-3-4-10/h5-6,8-10H,3-4,7H2,1-2H3. The van der Waals surface area contributed by atoms with E-state index in [1.165, 1.54) is 24.0 Å². The molecule has 14 heavy (non-hydrogen) atoms. The van der Waals surface area contributed by atoms with Gasteiger partial charge >= 0.3 is 0 Å². The Balaban J connectivity index is 2.17. The van der Waals surface area contributed by atoms with Gasteiger partial charge in [0.2, 0.25) is 0 Å². The minimum absolute atomic E-state index is 0.680. The fourth-order valence-corrected chi connectivity index (χ4v) is 2.11. The Morgan fingerprint density at radius 2 is 2.07 bits per heavy atom. The van der Waals surface area contributed by atoms with Crippen molar-refractivity contribution in [3.63, 3.8) is 0 Å². The quantitative estimate of drug-likeness (QED) is 0.690. The lowest BCUT2D eigenvalue weighted by molar-refractivity contribution is 0.647. The normalized spacial score (nSPS) is 16.3. The third-order valence-electron chi connectivity index (χ3n) is 2.75. The van der Waals surface area contributed by atoms with Gasteiger partial charge in [0.25, 0.3) is 0 Å². The molecule has 1 aromatic carbocycles. The van der Waals surface area contributed by atoms with Crippen LogP contribution in [0, 0.1) is 5.92 Å². The van der Waals surface area contributed by atoms with Gasteiger partial charge in [-0.2, -0.15) is 0 Å². The fourth-order valence-electron chi connectivity index (χ4n) is 1.84. The Kier molecular flexibility index (Phi) is 2.83. The second-order valence-corrected chi connectivity index (χ2v) is 5.13. The van der Waals surface area contributed by atoms with Crippen LogP contribution >= 0.6 is 11.6 Å². The van der Waals surface area contributed by atoms with Crippen LogP contribution in [0.5, 0.6) is 0 Å². The summed E-state index contributed by atoms with van der Waals surface area (Å²) in [6.07, 6.45) is 3.78. The predicted octanol–water partition coefficient (Wildman–Crippen LogP) is 4.42. The Bertz CT molecular complexity index is 324. The molecule has 1 aliphatic rings. The van der Waals surface area contributed by atoms with Gasteiger partial charge in [-0.25, -0.2) is 0 Å². The van der Waals surface area contributed by atoms with Gasteiger partial charge in [0.05, 0.1) is 0 Å². The monoisotopic (exact) mass is 208 g/mol. The fraction of sp³-hybridized carbons (Fsp3) is 0.538. The first-order valence-corrected chi connectivity index (χ1v) is 5.83. The smallest absolute Gasteiger partial charge is 0.0440 e. The topological polar surface area (TPSA) is 0 Å². The first-order chi connectivity index (χ1) is 6.66. The maximum Gasteiger partial charge on any atom is 0.0440 e. The zero-order valence-electron chi connectivity index (χ0n) is 8.89. The average Bonchev–Trinajstić information content (AvgIpc) is 2.90. The third kappa shape index (κ3) is 2.30. The number of halogens is 1. The van der Waals surface area contributed by atoms with Gasteiger partial charge in [-0.1, -0.05) is 37.6 Å². The van der Waals surface area contributed by atoms with E-state index >= 15 is 0 Å². The van der Waals surface area contributed by atoms with Gasteiger partial charge in [0.15, 0.2) is 0 Å². The summed E-state index contributed by atoms with van der Waals surface area (Å²) in [6, 6.07) is 6.62. The Morgan fingerprint density at radius 1 is 1.36 bits per heavy atom. The van der Waals surface area contributed by atoms with E-state index in [2.05, 4.69) is 32.0 Å². The van der Waals surface area contributed by atoms with E-state index in [1.807, 2.05) is 0 Å². The Hall–Kier alpha value is -0.490. The van der Waals surface area contributed by atoms with Crippen LogP contribution < -0.4 is 0 Å². The molecule has 0 unspecified atom stereocenters.